The van der Waals surface area contributed by atoms with Crippen LogP contribution in [0.25, 0.3) is 0 Å². The lowest BCUT2D eigenvalue weighted by Gasteiger charge is -2.05. The third-order valence-electron chi connectivity index (χ3n) is 2.13. The molecule has 0 saturated carbocycles. The molecule has 0 spiro atoms. The lowest BCUT2D eigenvalue weighted by Crippen LogP contribution is -2.01. The molecule has 0 aromatic carbocycles. The highest BCUT2D eigenvalue weighted by Crippen LogP contribution is 2.36. The number of rotatable bonds is 9. The fraction of sp³-hybridized carbons (Fsp3) is 0.727. The molecular formula is C11H21O4P. The van der Waals surface area contributed by atoms with E-state index in [2.05, 4.69) is 6.58 Å². The maximum Gasteiger partial charge on any atom is 0.330 e. The molecule has 0 bridgehead atoms. The Morgan fingerprint density at radius 2 is 1.88 bits per heavy atom. The van der Waals surface area contributed by atoms with Gasteiger partial charge in [-0.2, -0.15) is 0 Å². The summed E-state index contributed by atoms with van der Waals surface area (Å²) in [5.74, 6) is -0.382. The second-order valence-electron chi connectivity index (χ2n) is 3.91. The van der Waals surface area contributed by atoms with Gasteiger partial charge in [0.05, 0.1) is 6.61 Å². The molecular weight excluding hydrogens is 227 g/mol. The van der Waals surface area contributed by atoms with Crippen molar-refractivity contribution < 1.29 is 19.0 Å². The maximum absolute atomic E-state index is 10.9. The normalized spacial score (nSPS) is 14.1. The number of hydrogen-bond acceptors (Lipinski definition) is 3. The summed E-state index contributed by atoms with van der Waals surface area (Å²) in [6.45, 7) is 5.12. The van der Waals surface area contributed by atoms with E-state index in [0.29, 0.717) is 12.8 Å². The van der Waals surface area contributed by atoms with Crippen LogP contribution in [0.1, 0.15) is 32.1 Å². The zero-order valence-corrected chi connectivity index (χ0v) is 10.7. The largest absolute Gasteiger partial charge is 0.463 e. The standard InChI is InChI=1S/C11H21O4P/c1-3-11(12)15-9-7-5-4-6-8-10-16(2,13)14/h3H,1,4-10H2,2H3,(H,13,14). The number of carbonyl (C=O) groups excluding carboxylic acids is 1. The molecule has 0 amide bonds. The van der Waals surface area contributed by atoms with E-state index < -0.39 is 7.37 Å². The summed E-state index contributed by atoms with van der Waals surface area (Å²) in [6, 6.07) is 0. The minimum atomic E-state index is -2.82. The molecule has 0 rings (SSSR count). The molecule has 0 aliphatic heterocycles. The Hall–Kier alpha value is -0.600. The molecule has 1 atom stereocenters. The van der Waals surface area contributed by atoms with Gasteiger partial charge in [-0.25, -0.2) is 4.79 Å². The van der Waals surface area contributed by atoms with Gasteiger partial charge in [0.1, 0.15) is 0 Å². The van der Waals surface area contributed by atoms with E-state index in [-0.39, 0.29) is 5.97 Å². The molecule has 0 saturated heterocycles. The van der Waals surface area contributed by atoms with Crippen LogP contribution < -0.4 is 0 Å². The lowest BCUT2D eigenvalue weighted by atomic mass is 10.2. The van der Waals surface area contributed by atoms with Crippen molar-refractivity contribution in [2.75, 3.05) is 19.4 Å². The first kappa shape index (κ1) is 15.4. The molecule has 0 radical (unpaired) electrons. The summed E-state index contributed by atoms with van der Waals surface area (Å²) >= 11 is 0. The van der Waals surface area contributed by atoms with Crippen molar-refractivity contribution in [1.29, 1.82) is 0 Å². The summed E-state index contributed by atoms with van der Waals surface area (Å²) in [4.78, 5) is 19.7. The van der Waals surface area contributed by atoms with Crippen molar-refractivity contribution in [3.63, 3.8) is 0 Å². The molecule has 1 unspecified atom stereocenters. The third kappa shape index (κ3) is 11.5. The van der Waals surface area contributed by atoms with Crippen LogP contribution in [0.2, 0.25) is 0 Å². The van der Waals surface area contributed by atoms with Crippen LogP contribution in [-0.2, 0) is 14.1 Å². The van der Waals surface area contributed by atoms with E-state index in [1.54, 1.807) is 0 Å². The van der Waals surface area contributed by atoms with Crippen LogP contribution in [0, 0.1) is 0 Å². The number of ether oxygens (including phenoxy) is 1. The quantitative estimate of drug-likeness (QED) is 0.295. The third-order valence-corrected chi connectivity index (χ3v) is 3.27. The first-order valence-corrected chi connectivity index (χ1v) is 7.83. The molecule has 5 heteroatoms. The van der Waals surface area contributed by atoms with E-state index in [9.17, 15) is 9.36 Å². The Bertz CT molecular complexity index is 257. The molecule has 94 valence electrons. The van der Waals surface area contributed by atoms with Gasteiger partial charge in [0, 0.05) is 18.9 Å². The maximum atomic E-state index is 10.9. The zero-order valence-electron chi connectivity index (χ0n) is 9.85. The molecule has 0 aromatic heterocycles. The van der Waals surface area contributed by atoms with Crippen LogP contribution in [0.15, 0.2) is 12.7 Å². The number of unbranched alkanes of at least 4 members (excludes halogenated alkanes) is 4. The smallest absolute Gasteiger partial charge is 0.330 e. The first-order valence-electron chi connectivity index (χ1n) is 5.54. The average molecular weight is 248 g/mol. The van der Waals surface area contributed by atoms with Gasteiger partial charge in [0.25, 0.3) is 0 Å². The number of esters is 1. The minimum Gasteiger partial charge on any atom is -0.463 e. The fourth-order valence-electron chi connectivity index (χ4n) is 1.27. The summed E-state index contributed by atoms with van der Waals surface area (Å²) < 4.78 is 15.8. The molecule has 16 heavy (non-hydrogen) atoms. The highest BCUT2D eigenvalue weighted by atomic mass is 31.2. The van der Waals surface area contributed by atoms with E-state index in [1.165, 1.54) is 6.66 Å². The summed E-state index contributed by atoms with van der Waals surface area (Å²) in [6.07, 6.45) is 6.11. The Labute approximate surface area is 97.1 Å². The van der Waals surface area contributed by atoms with E-state index >= 15 is 0 Å². The Balaban J connectivity index is 3.19. The highest BCUT2D eigenvalue weighted by molar-refractivity contribution is 7.57. The predicted molar refractivity (Wildman–Crippen MR) is 64.9 cm³/mol. The van der Waals surface area contributed by atoms with Gasteiger partial charge in [-0.05, 0) is 12.8 Å². The van der Waals surface area contributed by atoms with Gasteiger partial charge in [0.2, 0.25) is 0 Å². The molecule has 0 heterocycles. The van der Waals surface area contributed by atoms with Gasteiger partial charge >= 0.3 is 5.97 Å². The molecule has 0 fully saturated rings. The second-order valence-corrected chi connectivity index (χ2v) is 6.46. The molecule has 1 N–H and O–H groups in total. The van der Waals surface area contributed by atoms with Crippen LogP contribution in [-0.4, -0.2) is 30.3 Å². The van der Waals surface area contributed by atoms with Crippen molar-refractivity contribution in [3.05, 3.63) is 12.7 Å². The predicted octanol–water partition coefficient (Wildman–Crippen LogP) is 2.57. The van der Waals surface area contributed by atoms with E-state index in [1.807, 2.05) is 0 Å². The van der Waals surface area contributed by atoms with E-state index in [0.717, 1.165) is 38.2 Å². The van der Waals surface area contributed by atoms with Crippen LogP contribution >= 0.6 is 7.37 Å². The lowest BCUT2D eigenvalue weighted by molar-refractivity contribution is -0.137. The van der Waals surface area contributed by atoms with Crippen LogP contribution in [0.5, 0.6) is 0 Å². The number of carbonyl (C=O) groups is 1. The van der Waals surface area contributed by atoms with Crippen LogP contribution in [0.4, 0.5) is 0 Å². The Morgan fingerprint density at radius 1 is 1.31 bits per heavy atom. The Morgan fingerprint density at radius 3 is 2.44 bits per heavy atom. The first-order chi connectivity index (χ1) is 7.45. The van der Waals surface area contributed by atoms with Gasteiger partial charge in [0.15, 0.2) is 7.37 Å². The second kappa shape index (κ2) is 8.54. The van der Waals surface area contributed by atoms with Gasteiger partial charge in [-0.1, -0.05) is 25.8 Å². The number of hydrogen-bond donors (Lipinski definition) is 1. The van der Waals surface area contributed by atoms with Crippen molar-refractivity contribution in [1.82, 2.24) is 0 Å². The van der Waals surface area contributed by atoms with E-state index in [4.69, 9.17) is 9.63 Å². The molecule has 0 aliphatic carbocycles. The van der Waals surface area contributed by atoms with Crippen molar-refractivity contribution in [2.24, 2.45) is 0 Å². The van der Waals surface area contributed by atoms with Gasteiger partial charge in [-0.3, -0.25) is 4.57 Å². The highest BCUT2D eigenvalue weighted by Gasteiger charge is 2.07. The van der Waals surface area contributed by atoms with Crippen LogP contribution in [0.3, 0.4) is 0 Å². The summed E-state index contributed by atoms with van der Waals surface area (Å²) in [5, 5.41) is 0. The Kier molecular flexibility index (Phi) is 8.22. The van der Waals surface area contributed by atoms with Crippen molar-refractivity contribution >= 4 is 13.3 Å². The van der Waals surface area contributed by atoms with Crippen molar-refractivity contribution in [3.8, 4) is 0 Å². The molecule has 0 aromatic rings. The average Bonchev–Trinajstić information content (AvgIpc) is 2.20. The monoisotopic (exact) mass is 248 g/mol. The summed E-state index contributed by atoms with van der Waals surface area (Å²) in [5.41, 5.74) is 0. The zero-order chi connectivity index (χ0) is 12.4. The summed E-state index contributed by atoms with van der Waals surface area (Å²) in [7, 11) is -2.82. The molecule has 4 nitrogen and oxygen atoms in total. The topological polar surface area (TPSA) is 63.6 Å². The van der Waals surface area contributed by atoms with Crippen molar-refractivity contribution in [2.45, 2.75) is 32.1 Å². The molecule has 0 aliphatic rings. The fourth-order valence-corrected chi connectivity index (χ4v) is 2.08. The SMILES string of the molecule is C=CC(=O)OCCCCCCCP(C)(=O)O. The van der Waals surface area contributed by atoms with Gasteiger partial charge in [-0.15, -0.1) is 0 Å². The van der Waals surface area contributed by atoms with Gasteiger partial charge < -0.3 is 9.63 Å². The minimum absolute atomic E-state index is 0.382.